The lowest BCUT2D eigenvalue weighted by Crippen LogP contribution is -2.19. The molecule has 0 saturated carbocycles. The SMILES string of the molecule is COCCCn1c(C)cc(C(=O)COC(=O)c2ccccc2NC(=O)CSc2nccn2C)c1C. The van der Waals surface area contributed by atoms with Crippen LogP contribution >= 0.6 is 11.8 Å². The maximum Gasteiger partial charge on any atom is 0.340 e. The first-order valence-corrected chi connectivity index (χ1v) is 12.1. The molecule has 35 heavy (non-hydrogen) atoms. The Morgan fingerprint density at radius 2 is 1.91 bits per heavy atom. The Morgan fingerprint density at radius 3 is 2.63 bits per heavy atom. The van der Waals surface area contributed by atoms with Crippen molar-refractivity contribution in [2.45, 2.75) is 32.0 Å². The van der Waals surface area contributed by atoms with Crippen molar-refractivity contribution in [2.24, 2.45) is 7.05 Å². The van der Waals surface area contributed by atoms with Crippen LogP contribution in [0.3, 0.4) is 0 Å². The van der Waals surface area contributed by atoms with Gasteiger partial charge in [-0.25, -0.2) is 9.78 Å². The van der Waals surface area contributed by atoms with Gasteiger partial charge >= 0.3 is 5.97 Å². The molecule has 0 aliphatic heterocycles. The molecule has 9 nitrogen and oxygen atoms in total. The average Bonchev–Trinajstić information content (AvgIpc) is 3.38. The minimum Gasteiger partial charge on any atom is -0.454 e. The minimum absolute atomic E-state index is 0.132. The monoisotopic (exact) mass is 498 g/mol. The van der Waals surface area contributed by atoms with E-state index in [2.05, 4.69) is 14.9 Å². The first-order chi connectivity index (χ1) is 16.8. The lowest BCUT2D eigenvalue weighted by molar-refractivity contribution is -0.113. The Morgan fingerprint density at radius 1 is 1.14 bits per heavy atom. The number of esters is 1. The molecule has 0 spiro atoms. The Labute approximate surface area is 208 Å². The van der Waals surface area contributed by atoms with Crippen LogP contribution in [0.25, 0.3) is 0 Å². The number of carbonyl (C=O) groups excluding carboxylic acids is 3. The fourth-order valence-corrected chi connectivity index (χ4v) is 4.39. The van der Waals surface area contributed by atoms with Gasteiger partial charge in [-0.05, 0) is 38.5 Å². The molecule has 0 bridgehead atoms. The van der Waals surface area contributed by atoms with Gasteiger partial charge in [-0.1, -0.05) is 23.9 Å². The third-order valence-electron chi connectivity index (χ3n) is 5.47. The van der Waals surface area contributed by atoms with Gasteiger partial charge < -0.3 is 23.9 Å². The van der Waals surface area contributed by atoms with Crippen molar-refractivity contribution >= 4 is 35.1 Å². The van der Waals surface area contributed by atoms with Crippen molar-refractivity contribution in [1.29, 1.82) is 0 Å². The highest BCUT2D eigenvalue weighted by molar-refractivity contribution is 7.99. The van der Waals surface area contributed by atoms with Crippen molar-refractivity contribution in [1.82, 2.24) is 14.1 Å². The molecule has 3 aromatic rings. The van der Waals surface area contributed by atoms with Crippen molar-refractivity contribution in [3.8, 4) is 0 Å². The van der Waals surface area contributed by atoms with E-state index in [1.54, 1.807) is 43.8 Å². The number of hydrogen-bond donors (Lipinski definition) is 1. The number of rotatable bonds is 12. The zero-order valence-corrected chi connectivity index (χ0v) is 21.2. The number of imidazole rings is 1. The summed E-state index contributed by atoms with van der Waals surface area (Å²) < 4.78 is 14.3. The van der Waals surface area contributed by atoms with E-state index in [1.165, 1.54) is 11.8 Å². The zero-order chi connectivity index (χ0) is 25.4. The molecule has 2 aromatic heterocycles. The van der Waals surface area contributed by atoms with Crippen molar-refractivity contribution in [2.75, 3.05) is 31.4 Å². The number of nitrogens with zero attached hydrogens (tertiary/aromatic N) is 3. The second kappa shape index (κ2) is 12.4. The lowest BCUT2D eigenvalue weighted by Gasteiger charge is -2.11. The molecular formula is C25H30N4O5S. The molecule has 10 heteroatoms. The third-order valence-corrected chi connectivity index (χ3v) is 6.53. The predicted octanol–water partition coefficient (Wildman–Crippen LogP) is 3.65. The number of aryl methyl sites for hydroxylation is 2. The standard InChI is InChI=1S/C25H30N4O5S/c1-17-14-20(18(2)29(17)11-7-13-33-4)22(30)15-34-24(32)19-8-5-6-9-21(19)27-23(31)16-35-25-26-10-12-28(25)3/h5-6,8-10,12,14H,7,11,13,15-16H2,1-4H3,(H,27,31). The van der Waals surface area contributed by atoms with Crippen LogP contribution in [0.15, 0.2) is 47.9 Å². The van der Waals surface area contributed by atoms with Crippen LogP contribution in [0.2, 0.25) is 0 Å². The van der Waals surface area contributed by atoms with Gasteiger partial charge in [0.1, 0.15) is 0 Å². The summed E-state index contributed by atoms with van der Waals surface area (Å²) in [7, 11) is 3.50. The van der Waals surface area contributed by atoms with Crippen molar-refractivity contribution in [3.05, 3.63) is 65.2 Å². The maximum atomic E-state index is 12.8. The predicted molar refractivity (Wildman–Crippen MR) is 134 cm³/mol. The second-order valence-electron chi connectivity index (χ2n) is 7.99. The number of thioether (sulfide) groups is 1. The summed E-state index contributed by atoms with van der Waals surface area (Å²) in [5, 5.41) is 3.45. The first kappa shape index (κ1) is 26.2. The van der Waals surface area contributed by atoms with Crippen LogP contribution in [0.4, 0.5) is 5.69 Å². The molecule has 1 amide bonds. The number of para-hydroxylation sites is 1. The van der Waals surface area contributed by atoms with Gasteiger partial charge in [-0.2, -0.15) is 0 Å². The summed E-state index contributed by atoms with van der Waals surface area (Å²) >= 11 is 1.29. The molecule has 2 heterocycles. The number of anilines is 1. The molecule has 0 atom stereocenters. The number of Topliss-reactive ketones (excluding diaryl/α,β-unsaturated/α-hetero) is 1. The highest BCUT2D eigenvalue weighted by atomic mass is 32.2. The van der Waals surface area contributed by atoms with Gasteiger partial charge in [0.2, 0.25) is 11.7 Å². The number of benzene rings is 1. The van der Waals surface area contributed by atoms with E-state index in [-0.39, 0.29) is 23.0 Å². The van der Waals surface area contributed by atoms with E-state index in [1.807, 2.05) is 31.5 Å². The van der Waals surface area contributed by atoms with Crippen LogP contribution in [0.1, 0.15) is 38.5 Å². The van der Waals surface area contributed by atoms with E-state index >= 15 is 0 Å². The summed E-state index contributed by atoms with van der Waals surface area (Å²) in [5.41, 5.74) is 2.83. The molecule has 0 aliphatic rings. The zero-order valence-electron chi connectivity index (χ0n) is 20.4. The van der Waals surface area contributed by atoms with Crippen molar-refractivity contribution < 1.29 is 23.9 Å². The van der Waals surface area contributed by atoms with Crippen LogP contribution in [-0.2, 0) is 27.9 Å². The highest BCUT2D eigenvalue weighted by Gasteiger charge is 2.20. The second-order valence-corrected chi connectivity index (χ2v) is 8.93. The Hall–Kier alpha value is -3.37. The van der Waals surface area contributed by atoms with Gasteiger partial charge in [-0.15, -0.1) is 0 Å². The molecule has 0 fully saturated rings. The lowest BCUT2D eigenvalue weighted by atomic mass is 10.1. The van der Waals surface area contributed by atoms with Crippen LogP contribution < -0.4 is 5.32 Å². The number of nitrogens with one attached hydrogen (secondary N) is 1. The number of ether oxygens (including phenoxy) is 2. The van der Waals surface area contributed by atoms with Crippen molar-refractivity contribution in [3.63, 3.8) is 0 Å². The number of methoxy groups -OCH3 is 1. The summed E-state index contributed by atoms with van der Waals surface area (Å²) in [6.07, 6.45) is 4.29. The fraction of sp³-hybridized carbons (Fsp3) is 0.360. The van der Waals surface area contributed by atoms with E-state index < -0.39 is 12.6 Å². The quantitative estimate of drug-likeness (QED) is 0.176. The van der Waals surface area contributed by atoms with E-state index in [4.69, 9.17) is 9.47 Å². The van der Waals surface area contributed by atoms with Gasteiger partial charge in [0.25, 0.3) is 0 Å². The maximum absolute atomic E-state index is 12.8. The Bertz CT molecular complexity index is 1200. The van der Waals surface area contributed by atoms with Crippen LogP contribution in [0, 0.1) is 13.8 Å². The third kappa shape index (κ3) is 6.83. The summed E-state index contributed by atoms with van der Waals surface area (Å²) in [6, 6.07) is 8.36. The van der Waals surface area contributed by atoms with Crippen LogP contribution in [-0.4, -0.2) is 57.9 Å². The van der Waals surface area contributed by atoms with E-state index in [0.717, 1.165) is 24.4 Å². The summed E-state index contributed by atoms with van der Waals surface area (Å²) in [6.45, 7) is 4.80. The Balaban J connectivity index is 1.59. The molecule has 0 aliphatic carbocycles. The molecule has 186 valence electrons. The number of ketones is 1. The summed E-state index contributed by atoms with van der Waals surface area (Å²) in [5.74, 6) is -1.11. The molecule has 1 aromatic carbocycles. The number of amides is 1. The van der Waals surface area contributed by atoms with E-state index in [9.17, 15) is 14.4 Å². The largest absolute Gasteiger partial charge is 0.454 e. The molecule has 3 rings (SSSR count). The Kier molecular flexibility index (Phi) is 9.27. The molecule has 0 unspecified atom stereocenters. The normalized spacial score (nSPS) is 10.9. The fourth-order valence-electron chi connectivity index (χ4n) is 3.66. The van der Waals surface area contributed by atoms with Gasteiger partial charge in [0.05, 0.1) is 17.0 Å². The van der Waals surface area contributed by atoms with Gasteiger partial charge in [0.15, 0.2) is 11.8 Å². The van der Waals surface area contributed by atoms with Crippen LogP contribution in [0.5, 0.6) is 0 Å². The van der Waals surface area contributed by atoms with Gasteiger partial charge in [-0.3, -0.25) is 9.59 Å². The van der Waals surface area contributed by atoms with E-state index in [0.29, 0.717) is 23.0 Å². The number of hydrogen-bond acceptors (Lipinski definition) is 7. The number of carbonyl (C=O) groups is 3. The topological polar surface area (TPSA) is 104 Å². The first-order valence-electron chi connectivity index (χ1n) is 11.2. The molecule has 1 N–H and O–H groups in total. The van der Waals surface area contributed by atoms with Gasteiger partial charge in [0, 0.05) is 56.7 Å². The highest BCUT2D eigenvalue weighted by Crippen LogP contribution is 2.20. The number of aromatic nitrogens is 3. The average molecular weight is 499 g/mol. The molecular weight excluding hydrogens is 468 g/mol. The minimum atomic E-state index is -0.681. The molecule has 0 saturated heterocycles. The smallest absolute Gasteiger partial charge is 0.340 e. The summed E-state index contributed by atoms with van der Waals surface area (Å²) in [4.78, 5) is 42.1. The molecule has 0 radical (unpaired) electrons.